The minimum absolute atomic E-state index is 0. The molecule has 17 heavy (non-hydrogen) atoms. The lowest BCUT2D eigenvalue weighted by Gasteiger charge is -2.33. The van der Waals surface area contributed by atoms with Gasteiger partial charge in [-0.2, -0.15) is 0 Å². The molecule has 1 saturated heterocycles. The van der Waals surface area contributed by atoms with Crippen LogP contribution in [0.5, 0.6) is 0 Å². The van der Waals surface area contributed by atoms with Gasteiger partial charge in [0.05, 0.1) is 13.2 Å². The molecule has 1 aliphatic carbocycles. The third-order valence-electron chi connectivity index (χ3n) is 2.91. The first-order valence-electron chi connectivity index (χ1n) is 5.99. The lowest BCUT2D eigenvalue weighted by molar-refractivity contribution is -0.133. The van der Waals surface area contributed by atoms with Crippen LogP contribution in [0, 0.1) is 0 Å². The van der Waals surface area contributed by atoms with Gasteiger partial charge in [0.15, 0.2) is 5.67 Å². The normalized spacial score (nSPS) is 21.9. The molecule has 0 radical (unpaired) electrons. The molecule has 2 rings (SSSR count). The molecule has 2 aliphatic rings. The summed E-state index contributed by atoms with van der Waals surface area (Å²) >= 11 is 0. The number of hydrogen-bond acceptors (Lipinski definition) is 1. The number of halogens is 2. The molecule has 0 unspecified atom stereocenters. The highest BCUT2D eigenvalue weighted by Gasteiger charge is 2.41. The van der Waals surface area contributed by atoms with Gasteiger partial charge in [-0.1, -0.05) is 41.5 Å². The lowest BCUT2D eigenvalue weighted by Crippen LogP contribution is -2.45. The van der Waals surface area contributed by atoms with Crippen LogP contribution in [0.1, 0.15) is 67.2 Å². The van der Waals surface area contributed by atoms with Crippen LogP contribution >= 0.6 is 0 Å². The van der Waals surface area contributed by atoms with Crippen LogP contribution in [-0.4, -0.2) is 24.6 Å². The highest BCUT2D eigenvalue weighted by molar-refractivity contribution is 4.92. The van der Waals surface area contributed by atoms with Crippen LogP contribution in [0.2, 0.25) is 0 Å². The molecule has 1 heterocycles. The van der Waals surface area contributed by atoms with Gasteiger partial charge < -0.3 is 4.74 Å². The largest absolute Gasteiger partial charge is 0.375 e. The van der Waals surface area contributed by atoms with E-state index in [0.717, 1.165) is 32.1 Å². The van der Waals surface area contributed by atoms with Gasteiger partial charge in [0.25, 0.3) is 0 Å². The van der Waals surface area contributed by atoms with E-state index in [0.29, 0.717) is 19.6 Å². The zero-order chi connectivity index (χ0) is 11.4. The SMILES string of the molecule is C.C.CCCC1(F)CC1.CCCC1(F)COC1. The van der Waals surface area contributed by atoms with E-state index >= 15 is 0 Å². The van der Waals surface area contributed by atoms with Crippen molar-refractivity contribution in [3.63, 3.8) is 0 Å². The second kappa shape index (κ2) is 8.02. The molecule has 1 aliphatic heterocycles. The summed E-state index contributed by atoms with van der Waals surface area (Å²) < 4.78 is 30.0. The molecule has 1 nitrogen and oxygen atoms in total. The number of hydrogen-bond donors (Lipinski definition) is 0. The Kier molecular flexibility index (Phi) is 9.04. The van der Waals surface area contributed by atoms with Gasteiger partial charge >= 0.3 is 0 Å². The fraction of sp³-hybridized carbons (Fsp3) is 1.00. The van der Waals surface area contributed by atoms with Crippen LogP contribution in [0.25, 0.3) is 0 Å². The van der Waals surface area contributed by atoms with E-state index < -0.39 is 11.3 Å². The highest BCUT2D eigenvalue weighted by atomic mass is 19.1. The third-order valence-corrected chi connectivity index (χ3v) is 2.91. The molecule has 106 valence electrons. The number of alkyl halides is 2. The molecule has 0 bridgehead atoms. The smallest absolute Gasteiger partial charge is 0.157 e. The Morgan fingerprint density at radius 2 is 1.29 bits per heavy atom. The minimum atomic E-state index is -0.950. The van der Waals surface area contributed by atoms with Crippen LogP contribution in [-0.2, 0) is 4.74 Å². The molecule has 0 N–H and O–H groups in total. The number of ether oxygens (including phenoxy) is 1. The fourth-order valence-corrected chi connectivity index (χ4v) is 1.75. The molecule has 1 saturated carbocycles. The predicted molar refractivity (Wildman–Crippen MR) is 71.0 cm³/mol. The molecule has 0 aromatic carbocycles. The Morgan fingerprint density at radius 1 is 0.882 bits per heavy atom. The van der Waals surface area contributed by atoms with Crippen molar-refractivity contribution in [2.45, 2.75) is 78.6 Å². The van der Waals surface area contributed by atoms with Crippen molar-refractivity contribution >= 4 is 0 Å². The monoisotopic (exact) mass is 252 g/mol. The second-order valence-corrected chi connectivity index (χ2v) is 4.79. The molecule has 0 spiro atoms. The van der Waals surface area contributed by atoms with E-state index in [1.165, 1.54) is 0 Å². The van der Waals surface area contributed by atoms with Gasteiger partial charge in [0, 0.05) is 0 Å². The van der Waals surface area contributed by atoms with Crippen LogP contribution < -0.4 is 0 Å². The van der Waals surface area contributed by atoms with Crippen LogP contribution in [0.4, 0.5) is 8.78 Å². The molecule has 3 heteroatoms. The van der Waals surface area contributed by atoms with Crippen molar-refractivity contribution in [2.75, 3.05) is 13.2 Å². The first-order chi connectivity index (χ1) is 7.04. The first-order valence-corrected chi connectivity index (χ1v) is 5.99. The fourth-order valence-electron chi connectivity index (χ4n) is 1.75. The molecular formula is C14H30F2O. The Balaban J connectivity index is 0. The van der Waals surface area contributed by atoms with Crippen LogP contribution in [0.15, 0.2) is 0 Å². The zero-order valence-electron chi connectivity index (χ0n) is 9.82. The molecule has 0 atom stereocenters. The summed E-state index contributed by atoms with van der Waals surface area (Å²) in [6.07, 6.45) is 5.00. The summed E-state index contributed by atoms with van der Waals surface area (Å²) in [7, 11) is 0. The summed E-state index contributed by atoms with van der Waals surface area (Å²) in [6, 6.07) is 0. The quantitative estimate of drug-likeness (QED) is 0.677. The van der Waals surface area contributed by atoms with Gasteiger partial charge in [0.2, 0.25) is 0 Å². The molecular weight excluding hydrogens is 222 g/mol. The Labute approximate surface area is 106 Å². The van der Waals surface area contributed by atoms with Gasteiger partial charge in [-0.25, -0.2) is 8.78 Å². The van der Waals surface area contributed by atoms with Crippen molar-refractivity contribution in [1.82, 2.24) is 0 Å². The summed E-state index contributed by atoms with van der Waals surface area (Å²) in [6.45, 7) is 4.65. The number of rotatable bonds is 4. The lowest BCUT2D eigenvalue weighted by atomic mass is 9.99. The van der Waals surface area contributed by atoms with Gasteiger partial charge in [-0.3, -0.25) is 0 Å². The molecule has 0 amide bonds. The average Bonchev–Trinajstić information content (AvgIpc) is 2.83. The summed E-state index contributed by atoms with van der Waals surface area (Å²) in [5.74, 6) is 0. The zero-order valence-corrected chi connectivity index (χ0v) is 9.82. The van der Waals surface area contributed by atoms with E-state index in [9.17, 15) is 8.78 Å². The average molecular weight is 252 g/mol. The van der Waals surface area contributed by atoms with Gasteiger partial charge in [-0.05, 0) is 25.7 Å². The minimum Gasteiger partial charge on any atom is -0.375 e. The molecule has 0 aromatic heterocycles. The van der Waals surface area contributed by atoms with Crippen molar-refractivity contribution < 1.29 is 13.5 Å². The van der Waals surface area contributed by atoms with Crippen LogP contribution in [0.3, 0.4) is 0 Å². The summed E-state index contributed by atoms with van der Waals surface area (Å²) in [5, 5.41) is 0. The van der Waals surface area contributed by atoms with E-state index in [4.69, 9.17) is 4.74 Å². The Hall–Kier alpha value is -0.180. The van der Waals surface area contributed by atoms with Crippen molar-refractivity contribution in [2.24, 2.45) is 0 Å². The van der Waals surface area contributed by atoms with Crippen molar-refractivity contribution in [1.29, 1.82) is 0 Å². The first kappa shape index (κ1) is 19.2. The molecule has 2 fully saturated rings. The standard InChI is InChI=1S/C6H11FO.C6H11F.2CH4/c1-2-3-6(7)4-8-5-6;1-2-3-6(7)4-5-6;;/h2-5H2,1H3;2-5H2,1H3;2*1H4. The van der Waals surface area contributed by atoms with Crippen molar-refractivity contribution in [3.05, 3.63) is 0 Å². The van der Waals surface area contributed by atoms with E-state index in [1.54, 1.807) is 0 Å². The topological polar surface area (TPSA) is 9.23 Å². The third kappa shape index (κ3) is 6.97. The maximum absolute atomic E-state index is 12.8. The Bertz CT molecular complexity index is 187. The van der Waals surface area contributed by atoms with E-state index in [-0.39, 0.29) is 14.9 Å². The second-order valence-electron chi connectivity index (χ2n) is 4.79. The summed E-state index contributed by atoms with van der Waals surface area (Å²) in [5.41, 5.74) is -1.65. The summed E-state index contributed by atoms with van der Waals surface area (Å²) in [4.78, 5) is 0. The van der Waals surface area contributed by atoms with Crippen molar-refractivity contribution in [3.8, 4) is 0 Å². The predicted octanol–water partition coefficient (Wildman–Crippen LogP) is 5.09. The maximum Gasteiger partial charge on any atom is 0.157 e. The highest BCUT2D eigenvalue weighted by Crippen LogP contribution is 2.43. The molecule has 0 aromatic rings. The Morgan fingerprint density at radius 3 is 1.41 bits per heavy atom. The van der Waals surface area contributed by atoms with Gasteiger partial charge in [0.1, 0.15) is 5.67 Å². The van der Waals surface area contributed by atoms with E-state index in [2.05, 4.69) is 0 Å². The van der Waals surface area contributed by atoms with Gasteiger partial charge in [-0.15, -0.1) is 0 Å². The maximum atomic E-state index is 12.8. The van der Waals surface area contributed by atoms with E-state index in [1.807, 2.05) is 13.8 Å².